The van der Waals surface area contributed by atoms with Gasteiger partial charge in [-0.15, -0.1) is 0 Å². The van der Waals surface area contributed by atoms with Gasteiger partial charge in [0, 0.05) is 12.0 Å². The lowest BCUT2D eigenvalue weighted by Crippen LogP contribution is -2.51. The summed E-state index contributed by atoms with van der Waals surface area (Å²) < 4.78 is 0. The number of carboxylic acid groups (broad SMARTS) is 1. The minimum Gasteiger partial charge on any atom is -0.481 e. The molecule has 0 aromatic carbocycles. The second kappa shape index (κ2) is 6.45. The molecule has 0 radical (unpaired) electrons. The lowest BCUT2D eigenvalue weighted by atomic mass is 9.82. The van der Waals surface area contributed by atoms with Crippen molar-refractivity contribution < 1.29 is 19.5 Å². The maximum atomic E-state index is 11.8. The van der Waals surface area contributed by atoms with Crippen LogP contribution in [-0.2, 0) is 9.59 Å². The van der Waals surface area contributed by atoms with Gasteiger partial charge < -0.3 is 10.4 Å². The van der Waals surface area contributed by atoms with Gasteiger partial charge in [0.05, 0.1) is 5.41 Å². The molecule has 0 saturated carbocycles. The van der Waals surface area contributed by atoms with Crippen LogP contribution in [0, 0.1) is 10.8 Å². The zero-order valence-corrected chi connectivity index (χ0v) is 14.1. The number of aliphatic carboxylic acids is 1. The molecule has 122 valence electrons. The summed E-state index contributed by atoms with van der Waals surface area (Å²) in [6.07, 6.45) is 0.484. The number of imide groups is 1. The Hall–Kier alpha value is -1.59. The molecule has 6 heteroatoms. The molecule has 0 fully saturated rings. The van der Waals surface area contributed by atoms with E-state index in [-0.39, 0.29) is 11.8 Å². The first kappa shape index (κ1) is 19.4. The van der Waals surface area contributed by atoms with Crippen LogP contribution in [0.2, 0.25) is 0 Å². The van der Waals surface area contributed by atoms with Gasteiger partial charge in [-0.3, -0.25) is 14.9 Å². The van der Waals surface area contributed by atoms with Crippen molar-refractivity contribution >= 4 is 17.9 Å². The average Bonchev–Trinajstić information content (AvgIpc) is 2.08. The number of hydrogen-bond acceptors (Lipinski definition) is 3. The molecule has 0 spiro atoms. The van der Waals surface area contributed by atoms with Crippen LogP contribution in [0.3, 0.4) is 0 Å². The Morgan fingerprint density at radius 1 is 0.952 bits per heavy atom. The Bertz CT molecular complexity index is 420. The first-order valence-electron chi connectivity index (χ1n) is 7.00. The predicted octanol–water partition coefficient (Wildman–Crippen LogP) is 2.53. The lowest BCUT2D eigenvalue weighted by molar-refractivity contribution is -0.149. The second-order valence-corrected chi connectivity index (χ2v) is 7.99. The predicted molar refractivity (Wildman–Crippen MR) is 80.9 cm³/mol. The maximum absolute atomic E-state index is 11.8. The van der Waals surface area contributed by atoms with Crippen molar-refractivity contribution in [3.63, 3.8) is 0 Å². The molecule has 3 amide bonds. The summed E-state index contributed by atoms with van der Waals surface area (Å²) in [7, 11) is 0. The molecule has 0 aromatic rings. The largest absolute Gasteiger partial charge is 0.481 e. The van der Waals surface area contributed by atoms with Crippen LogP contribution < -0.4 is 10.6 Å². The highest BCUT2D eigenvalue weighted by atomic mass is 16.4. The minimum absolute atomic E-state index is 0.0338. The molecular weight excluding hydrogens is 272 g/mol. The number of carbonyl (C=O) groups excluding carboxylic acids is 2. The molecule has 0 aromatic heterocycles. The highest BCUT2D eigenvalue weighted by Crippen LogP contribution is 2.26. The molecule has 0 unspecified atom stereocenters. The summed E-state index contributed by atoms with van der Waals surface area (Å²) in [6.45, 7) is 12.8. The van der Waals surface area contributed by atoms with Gasteiger partial charge in [0.25, 0.3) is 0 Å². The van der Waals surface area contributed by atoms with E-state index in [2.05, 4.69) is 31.4 Å². The van der Waals surface area contributed by atoms with Gasteiger partial charge in [-0.1, -0.05) is 20.8 Å². The maximum Gasteiger partial charge on any atom is 0.321 e. The molecule has 0 heterocycles. The van der Waals surface area contributed by atoms with E-state index in [4.69, 9.17) is 5.11 Å². The second-order valence-electron chi connectivity index (χ2n) is 7.99. The van der Waals surface area contributed by atoms with Crippen molar-refractivity contribution in [2.24, 2.45) is 10.8 Å². The van der Waals surface area contributed by atoms with E-state index >= 15 is 0 Å². The van der Waals surface area contributed by atoms with E-state index in [1.165, 1.54) is 13.8 Å². The van der Waals surface area contributed by atoms with Gasteiger partial charge in [-0.2, -0.15) is 0 Å². The molecule has 0 rings (SSSR count). The summed E-state index contributed by atoms with van der Waals surface area (Å²) in [6, 6.07) is -0.601. The normalized spacial score (nSPS) is 12.7. The fraction of sp³-hybridized carbons (Fsp3) is 0.800. The van der Waals surface area contributed by atoms with Crippen molar-refractivity contribution in [1.29, 1.82) is 0 Å². The van der Waals surface area contributed by atoms with E-state index in [1.807, 2.05) is 13.8 Å². The third-order valence-corrected chi connectivity index (χ3v) is 2.86. The minimum atomic E-state index is -1.20. The van der Waals surface area contributed by atoms with E-state index < -0.39 is 28.9 Å². The Balaban J connectivity index is 4.51. The summed E-state index contributed by atoms with van der Waals surface area (Å²) in [5.41, 5.74) is -1.64. The van der Waals surface area contributed by atoms with E-state index in [1.54, 1.807) is 0 Å². The molecule has 21 heavy (non-hydrogen) atoms. The Labute approximate surface area is 126 Å². The van der Waals surface area contributed by atoms with Gasteiger partial charge >= 0.3 is 12.0 Å². The number of carboxylic acids is 1. The van der Waals surface area contributed by atoms with Crippen molar-refractivity contribution in [2.45, 2.75) is 66.8 Å². The number of rotatable bonds is 5. The molecule has 6 nitrogen and oxygen atoms in total. The van der Waals surface area contributed by atoms with Crippen LogP contribution in [0.15, 0.2) is 0 Å². The van der Waals surface area contributed by atoms with Gasteiger partial charge in [0.2, 0.25) is 5.91 Å². The van der Waals surface area contributed by atoms with Crippen LogP contribution in [0.4, 0.5) is 4.79 Å². The molecule has 0 bridgehead atoms. The monoisotopic (exact) mass is 300 g/mol. The first-order chi connectivity index (χ1) is 9.15. The fourth-order valence-electron chi connectivity index (χ4n) is 2.36. The van der Waals surface area contributed by atoms with Crippen molar-refractivity contribution in [1.82, 2.24) is 10.6 Å². The number of urea groups is 1. The van der Waals surface area contributed by atoms with Gasteiger partial charge in [-0.25, -0.2) is 4.79 Å². The molecular formula is C15H28N2O4. The standard InChI is InChI=1S/C15H28N2O4/c1-13(2,3)9-15(6,7)17-12(21)16-10(18)8-14(4,5)11(19)20/h8-9H2,1-7H3,(H,19,20)(H2,16,17,18,21). The molecule has 3 N–H and O–H groups in total. The summed E-state index contributed by atoms with van der Waals surface area (Å²) in [4.78, 5) is 34.5. The van der Waals surface area contributed by atoms with Crippen molar-refractivity contribution in [3.05, 3.63) is 0 Å². The SMILES string of the molecule is CC(C)(C)CC(C)(C)NC(=O)NC(=O)CC(C)(C)C(=O)O. The Kier molecular flexibility index (Phi) is 5.96. The summed E-state index contributed by atoms with van der Waals surface area (Å²) in [5, 5.41) is 13.9. The molecule has 0 aliphatic rings. The third kappa shape index (κ3) is 8.32. The highest BCUT2D eigenvalue weighted by molar-refractivity contribution is 5.96. The van der Waals surface area contributed by atoms with Crippen LogP contribution in [-0.4, -0.2) is 28.6 Å². The zero-order valence-electron chi connectivity index (χ0n) is 14.1. The smallest absolute Gasteiger partial charge is 0.321 e. The Morgan fingerprint density at radius 3 is 1.81 bits per heavy atom. The topological polar surface area (TPSA) is 95.5 Å². The number of hydrogen-bond donors (Lipinski definition) is 3. The van der Waals surface area contributed by atoms with E-state index in [9.17, 15) is 14.4 Å². The Morgan fingerprint density at radius 2 is 1.43 bits per heavy atom. The fourth-order valence-corrected chi connectivity index (χ4v) is 2.36. The first-order valence-corrected chi connectivity index (χ1v) is 7.00. The van der Waals surface area contributed by atoms with E-state index in [0.29, 0.717) is 0 Å². The third-order valence-electron chi connectivity index (χ3n) is 2.86. The van der Waals surface area contributed by atoms with Crippen molar-refractivity contribution in [3.8, 4) is 0 Å². The average molecular weight is 300 g/mol. The number of carbonyl (C=O) groups is 3. The quantitative estimate of drug-likeness (QED) is 0.727. The van der Waals surface area contributed by atoms with Crippen LogP contribution >= 0.6 is 0 Å². The number of amides is 3. The summed E-state index contributed by atoms with van der Waals surface area (Å²) in [5.74, 6) is -1.68. The molecule has 0 saturated heterocycles. The molecule has 0 aliphatic carbocycles. The van der Waals surface area contributed by atoms with Crippen LogP contribution in [0.1, 0.15) is 61.3 Å². The number of nitrogens with one attached hydrogen (secondary N) is 2. The van der Waals surface area contributed by atoms with Crippen LogP contribution in [0.25, 0.3) is 0 Å². The van der Waals surface area contributed by atoms with Crippen molar-refractivity contribution in [2.75, 3.05) is 0 Å². The zero-order chi connectivity index (χ0) is 17.1. The van der Waals surface area contributed by atoms with Gasteiger partial charge in [-0.05, 0) is 39.5 Å². The van der Waals surface area contributed by atoms with Crippen LogP contribution in [0.5, 0.6) is 0 Å². The lowest BCUT2D eigenvalue weighted by Gasteiger charge is -2.33. The summed E-state index contributed by atoms with van der Waals surface area (Å²) >= 11 is 0. The molecule has 0 aliphatic heterocycles. The van der Waals surface area contributed by atoms with Gasteiger partial charge in [0.15, 0.2) is 0 Å². The van der Waals surface area contributed by atoms with E-state index in [0.717, 1.165) is 6.42 Å². The van der Waals surface area contributed by atoms with Gasteiger partial charge in [0.1, 0.15) is 0 Å². The molecule has 0 atom stereocenters. The highest BCUT2D eigenvalue weighted by Gasteiger charge is 2.32.